The van der Waals surface area contributed by atoms with Crippen LogP contribution in [0.1, 0.15) is 50.8 Å². The average molecular weight is 365 g/mol. The maximum Gasteiger partial charge on any atom is 0.365 e. The topological polar surface area (TPSA) is 79.8 Å². The molecule has 2 amide bonds. The zero-order chi connectivity index (χ0) is 19.0. The van der Waals surface area contributed by atoms with Crippen molar-refractivity contribution < 1.29 is 19.2 Å². The standard InChI is InChI=1S/C20H19N3O4/c1-13-8-10-22(11-9-13)17-7-6-14(12-21-17)20(26)27-23-18(24)15-4-2-3-5-16(15)19(23)25/h2-7,12-13H,8-11H2,1H3. The number of fused-ring (bicyclic) bond motifs is 1. The zero-order valence-corrected chi connectivity index (χ0v) is 14.9. The van der Waals surface area contributed by atoms with Gasteiger partial charge in [0, 0.05) is 19.3 Å². The molecule has 2 aromatic rings. The molecule has 7 heteroatoms. The summed E-state index contributed by atoms with van der Waals surface area (Å²) < 4.78 is 0. The summed E-state index contributed by atoms with van der Waals surface area (Å²) in [5.74, 6) is -0.558. The molecule has 2 aliphatic heterocycles. The Labute approximate surface area is 156 Å². The van der Waals surface area contributed by atoms with Gasteiger partial charge in [-0.05, 0) is 43.0 Å². The summed E-state index contributed by atoms with van der Waals surface area (Å²) in [6, 6.07) is 9.72. The summed E-state index contributed by atoms with van der Waals surface area (Å²) in [5, 5.41) is 0.507. The Bertz CT molecular complexity index is 867. The van der Waals surface area contributed by atoms with Gasteiger partial charge in [0.2, 0.25) is 0 Å². The maximum absolute atomic E-state index is 12.4. The summed E-state index contributed by atoms with van der Waals surface area (Å²) >= 11 is 0. The molecular formula is C20H19N3O4. The number of nitrogens with zero attached hydrogens (tertiary/aromatic N) is 3. The number of piperidine rings is 1. The molecule has 1 aromatic carbocycles. The number of hydrogen-bond donors (Lipinski definition) is 0. The van der Waals surface area contributed by atoms with Crippen molar-refractivity contribution in [3.05, 3.63) is 59.3 Å². The Balaban J connectivity index is 1.45. The van der Waals surface area contributed by atoms with E-state index in [0.29, 0.717) is 5.06 Å². The number of anilines is 1. The second-order valence-electron chi connectivity index (χ2n) is 6.90. The Kier molecular flexibility index (Phi) is 4.35. The van der Waals surface area contributed by atoms with Gasteiger partial charge in [0.25, 0.3) is 11.8 Å². The number of benzene rings is 1. The lowest BCUT2D eigenvalue weighted by Crippen LogP contribution is -2.34. The quantitative estimate of drug-likeness (QED) is 0.778. The van der Waals surface area contributed by atoms with Gasteiger partial charge in [-0.25, -0.2) is 9.78 Å². The van der Waals surface area contributed by atoms with Gasteiger partial charge >= 0.3 is 5.97 Å². The molecule has 0 aliphatic carbocycles. The highest BCUT2D eigenvalue weighted by atomic mass is 16.7. The first-order chi connectivity index (χ1) is 13.0. The second-order valence-corrected chi connectivity index (χ2v) is 6.90. The summed E-state index contributed by atoms with van der Waals surface area (Å²) in [6.45, 7) is 4.11. The highest BCUT2D eigenvalue weighted by molar-refractivity contribution is 6.21. The lowest BCUT2D eigenvalue weighted by atomic mass is 9.99. The maximum atomic E-state index is 12.4. The van der Waals surface area contributed by atoms with Crippen LogP contribution in [0.2, 0.25) is 0 Å². The predicted molar refractivity (Wildman–Crippen MR) is 97.2 cm³/mol. The molecule has 0 atom stereocenters. The van der Waals surface area contributed by atoms with E-state index in [1.807, 2.05) is 0 Å². The highest BCUT2D eigenvalue weighted by Crippen LogP contribution is 2.24. The number of amides is 2. The molecule has 138 valence electrons. The van der Waals surface area contributed by atoms with E-state index in [1.165, 1.54) is 18.3 Å². The fraction of sp³-hybridized carbons (Fsp3) is 0.300. The van der Waals surface area contributed by atoms with Crippen LogP contribution in [-0.4, -0.2) is 40.9 Å². The summed E-state index contributed by atoms with van der Waals surface area (Å²) in [7, 11) is 0. The third kappa shape index (κ3) is 3.16. The Morgan fingerprint density at radius 1 is 1.04 bits per heavy atom. The molecule has 0 N–H and O–H groups in total. The normalized spacial score (nSPS) is 17.2. The number of hydroxylamine groups is 2. The van der Waals surface area contributed by atoms with Crippen molar-refractivity contribution in [3.8, 4) is 0 Å². The summed E-state index contributed by atoms with van der Waals surface area (Å²) in [5.41, 5.74) is 0.631. The van der Waals surface area contributed by atoms with Gasteiger partial charge in [-0.3, -0.25) is 9.59 Å². The second kappa shape index (κ2) is 6.83. The van der Waals surface area contributed by atoms with Gasteiger partial charge in [0.05, 0.1) is 16.7 Å². The Hall–Kier alpha value is -3.22. The predicted octanol–water partition coefficient (Wildman–Crippen LogP) is 2.69. The average Bonchev–Trinajstić information content (AvgIpc) is 2.94. The number of carbonyl (C=O) groups is 3. The van der Waals surface area contributed by atoms with Crippen LogP contribution in [-0.2, 0) is 4.84 Å². The van der Waals surface area contributed by atoms with Crippen LogP contribution in [0, 0.1) is 5.92 Å². The minimum Gasteiger partial charge on any atom is -0.357 e. The molecule has 0 radical (unpaired) electrons. The first kappa shape index (κ1) is 17.2. The summed E-state index contributed by atoms with van der Waals surface area (Å²) in [4.78, 5) is 48.4. The van der Waals surface area contributed by atoms with Crippen molar-refractivity contribution in [1.82, 2.24) is 10.0 Å². The third-order valence-electron chi connectivity index (χ3n) is 5.02. The van der Waals surface area contributed by atoms with Crippen LogP contribution < -0.4 is 4.90 Å². The third-order valence-corrected chi connectivity index (χ3v) is 5.02. The van der Waals surface area contributed by atoms with Gasteiger partial charge < -0.3 is 9.74 Å². The van der Waals surface area contributed by atoms with Gasteiger partial charge in [-0.15, -0.1) is 0 Å². The molecule has 1 saturated heterocycles. The largest absolute Gasteiger partial charge is 0.365 e. The van der Waals surface area contributed by atoms with Crippen molar-refractivity contribution >= 4 is 23.6 Å². The number of rotatable bonds is 3. The number of carbonyl (C=O) groups excluding carboxylic acids is 3. The van der Waals surface area contributed by atoms with Gasteiger partial charge in [-0.2, -0.15) is 0 Å². The van der Waals surface area contributed by atoms with Crippen molar-refractivity contribution in [1.29, 1.82) is 0 Å². The molecule has 4 rings (SSSR count). The van der Waals surface area contributed by atoms with Crippen LogP contribution in [0.5, 0.6) is 0 Å². The van der Waals surface area contributed by atoms with E-state index < -0.39 is 17.8 Å². The fourth-order valence-electron chi connectivity index (χ4n) is 3.32. The van der Waals surface area contributed by atoms with Gasteiger partial charge in [-0.1, -0.05) is 24.1 Å². The SMILES string of the molecule is CC1CCN(c2ccc(C(=O)ON3C(=O)c4ccccc4C3=O)cn2)CC1. The lowest BCUT2D eigenvalue weighted by Gasteiger charge is -2.31. The molecular weight excluding hydrogens is 346 g/mol. The molecule has 0 spiro atoms. The molecule has 1 fully saturated rings. The van der Waals surface area contributed by atoms with E-state index in [9.17, 15) is 14.4 Å². The number of pyridine rings is 1. The van der Waals surface area contributed by atoms with Crippen LogP contribution in [0.3, 0.4) is 0 Å². The zero-order valence-electron chi connectivity index (χ0n) is 14.9. The Morgan fingerprint density at radius 2 is 1.67 bits per heavy atom. The highest BCUT2D eigenvalue weighted by Gasteiger charge is 2.38. The van der Waals surface area contributed by atoms with Crippen LogP contribution in [0.15, 0.2) is 42.6 Å². The first-order valence-electron chi connectivity index (χ1n) is 8.95. The molecule has 2 aliphatic rings. The van der Waals surface area contributed by atoms with Crippen LogP contribution in [0.25, 0.3) is 0 Å². The minimum absolute atomic E-state index is 0.181. The van der Waals surface area contributed by atoms with Crippen LogP contribution >= 0.6 is 0 Å². The van der Waals surface area contributed by atoms with Crippen molar-refractivity contribution in [2.24, 2.45) is 5.92 Å². The summed E-state index contributed by atoms with van der Waals surface area (Å²) in [6.07, 6.45) is 3.64. The van der Waals surface area contributed by atoms with E-state index in [0.717, 1.165) is 37.7 Å². The smallest absolute Gasteiger partial charge is 0.357 e. The fourth-order valence-corrected chi connectivity index (χ4v) is 3.32. The van der Waals surface area contributed by atoms with E-state index in [4.69, 9.17) is 4.84 Å². The number of aromatic nitrogens is 1. The minimum atomic E-state index is -0.796. The molecule has 7 nitrogen and oxygen atoms in total. The first-order valence-corrected chi connectivity index (χ1v) is 8.95. The molecule has 0 unspecified atom stereocenters. The van der Waals surface area contributed by atoms with Crippen molar-refractivity contribution in [2.75, 3.05) is 18.0 Å². The van der Waals surface area contributed by atoms with Gasteiger partial charge in [0.15, 0.2) is 0 Å². The monoisotopic (exact) mass is 365 g/mol. The molecule has 27 heavy (non-hydrogen) atoms. The number of hydrogen-bond acceptors (Lipinski definition) is 6. The van der Waals surface area contributed by atoms with Crippen LogP contribution in [0.4, 0.5) is 5.82 Å². The number of imide groups is 1. The lowest BCUT2D eigenvalue weighted by molar-refractivity contribution is -0.0584. The van der Waals surface area contributed by atoms with Crippen molar-refractivity contribution in [3.63, 3.8) is 0 Å². The van der Waals surface area contributed by atoms with E-state index in [2.05, 4.69) is 16.8 Å². The van der Waals surface area contributed by atoms with Gasteiger partial charge in [0.1, 0.15) is 5.82 Å². The molecule has 3 heterocycles. The van der Waals surface area contributed by atoms with Crippen molar-refractivity contribution in [2.45, 2.75) is 19.8 Å². The molecule has 1 aromatic heterocycles. The Morgan fingerprint density at radius 3 is 2.22 bits per heavy atom. The molecule has 0 bridgehead atoms. The molecule has 0 saturated carbocycles. The van der Waals surface area contributed by atoms with E-state index >= 15 is 0 Å². The van der Waals surface area contributed by atoms with E-state index in [1.54, 1.807) is 24.3 Å². The van der Waals surface area contributed by atoms with E-state index in [-0.39, 0.29) is 16.7 Å².